The fourth-order valence-corrected chi connectivity index (χ4v) is 3.19. The first-order chi connectivity index (χ1) is 11.1. The summed E-state index contributed by atoms with van der Waals surface area (Å²) in [5.41, 5.74) is -0.0245. The van der Waals surface area contributed by atoms with E-state index >= 15 is 0 Å². The molecule has 25 heavy (non-hydrogen) atoms. The van der Waals surface area contributed by atoms with Crippen molar-refractivity contribution in [2.45, 2.75) is 25.3 Å². The van der Waals surface area contributed by atoms with Crippen molar-refractivity contribution in [1.29, 1.82) is 0 Å². The van der Waals surface area contributed by atoms with Gasteiger partial charge in [0.15, 0.2) is 0 Å². The number of amides is 1. The van der Waals surface area contributed by atoms with E-state index in [9.17, 15) is 14.9 Å². The first kappa shape index (κ1) is 21.4. The van der Waals surface area contributed by atoms with Gasteiger partial charge in [-0.25, -0.2) is 4.98 Å². The molecule has 0 saturated carbocycles. The predicted molar refractivity (Wildman–Crippen MR) is 99.6 cm³/mol. The molecule has 140 valence electrons. The van der Waals surface area contributed by atoms with E-state index in [0.29, 0.717) is 12.4 Å². The number of pyridine rings is 1. The summed E-state index contributed by atoms with van der Waals surface area (Å²) in [6.45, 7) is 3.19. The van der Waals surface area contributed by atoms with Gasteiger partial charge in [-0.05, 0) is 31.9 Å². The highest BCUT2D eigenvalue weighted by Gasteiger charge is 2.31. The Labute approximate surface area is 158 Å². The molecule has 0 aliphatic carbocycles. The molecule has 8 nitrogen and oxygen atoms in total. The molecule has 2 atom stereocenters. The lowest BCUT2D eigenvalue weighted by atomic mass is 9.98. The quantitative estimate of drug-likeness (QED) is 0.599. The number of carbonyl (C=O) groups excluding carboxylic acids is 1. The molecular weight excluding hydrogens is 369 g/mol. The minimum atomic E-state index is -0.467. The Morgan fingerprint density at radius 3 is 2.76 bits per heavy atom. The summed E-state index contributed by atoms with van der Waals surface area (Å²) >= 11 is 0. The third-order valence-corrected chi connectivity index (χ3v) is 4.46. The SMILES string of the molecule is Cl.Cl.O=C(C1CCCNC1)N1CCC(Nc2ccc([N+](=O)[O-])cn2)C1. The van der Waals surface area contributed by atoms with Gasteiger partial charge in [-0.1, -0.05) is 0 Å². The number of nitrogens with zero attached hydrogens (tertiary/aromatic N) is 3. The van der Waals surface area contributed by atoms with Crippen molar-refractivity contribution >= 4 is 42.2 Å². The van der Waals surface area contributed by atoms with Gasteiger partial charge in [0.2, 0.25) is 5.91 Å². The Balaban J connectivity index is 0.00000156. The molecular formula is C15H23Cl2N5O3. The van der Waals surface area contributed by atoms with Crippen molar-refractivity contribution in [3.63, 3.8) is 0 Å². The first-order valence-electron chi connectivity index (χ1n) is 8.00. The monoisotopic (exact) mass is 391 g/mol. The van der Waals surface area contributed by atoms with Crippen LogP contribution in [0.1, 0.15) is 19.3 Å². The Bertz CT molecular complexity index is 581. The minimum absolute atomic E-state index is 0. The topological polar surface area (TPSA) is 100 Å². The molecule has 1 amide bonds. The molecule has 2 N–H and O–H groups in total. The van der Waals surface area contributed by atoms with Crippen molar-refractivity contribution in [2.24, 2.45) is 5.92 Å². The van der Waals surface area contributed by atoms with E-state index < -0.39 is 4.92 Å². The summed E-state index contributed by atoms with van der Waals surface area (Å²) in [5, 5.41) is 17.1. The van der Waals surface area contributed by atoms with Crippen LogP contribution < -0.4 is 10.6 Å². The zero-order valence-electron chi connectivity index (χ0n) is 13.7. The second-order valence-electron chi connectivity index (χ2n) is 6.12. The largest absolute Gasteiger partial charge is 0.365 e. The predicted octanol–water partition coefficient (Wildman–Crippen LogP) is 1.85. The van der Waals surface area contributed by atoms with Crippen LogP contribution in [0.3, 0.4) is 0 Å². The molecule has 1 aromatic rings. The van der Waals surface area contributed by atoms with Gasteiger partial charge in [0.1, 0.15) is 12.0 Å². The Morgan fingerprint density at radius 1 is 1.36 bits per heavy atom. The first-order valence-corrected chi connectivity index (χ1v) is 8.00. The molecule has 0 bridgehead atoms. The number of hydrogen-bond donors (Lipinski definition) is 2. The van der Waals surface area contributed by atoms with Crippen molar-refractivity contribution in [1.82, 2.24) is 15.2 Å². The Kier molecular flexibility index (Phi) is 8.34. The summed E-state index contributed by atoms with van der Waals surface area (Å²) in [6, 6.07) is 3.18. The van der Waals surface area contributed by atoms with Gasteiger partial charge >= 0.3 is 0 Å². The highest BCUT2D eigenvalue weighted by atomic mass is 35.5. The lowest BCUT2D eigenvalue weighted by Crippen LogP contribution is -2.42. The van der Waals surface area contributed by atoms with Crippen molar-refractivity contribution in [3.05, 3.63) is 28.4 Å². The number of nitrogens with one attached hydrogen (secondary N) is 2. The van der Waals surface area contributed by atoms with Gasteiger partial charge in [0.05, 0.1) is 10.8 Å². The molecule has 2 aliphatic rings. The maximum atomic E-state index is 12.5. The van der Waals surface area contributed by atoms with Gasteiger partial charge in [-0.2, -0.15) is 0 Å². The van der Waals surface area contributed by atoms with Crippen molar-refractivity contribution in [2.75, 3.05) is 31.5 Å². The van der Waals surface area contributed by atoms with E-state index in [0.717, 1.165) is 38.9 Å². The average Bonchev–Trinajstić information content (AvgIpc) is 3.04. The van der Waals surface area contributed by atoms with Crippen LogP contribution in [-0.2, 0) is 4.79 Å². The van der Waals surface area contributed by atoms with Gasteiger partial charge in [0, 0.05) is 31.7 Å². The number of likely N-dealkylation sites (tertiary alicyclic amines) is 1. The highest BCUT2D eigenvalue weighted by Crippen LogP contribution is 2.20. The van der Waals surface area contributed by atoms with Gasteiger partial charge in [0.25, 0.3) is 5.69 Å². The number of carbonyl (C=O) groups is 1. The second kappa shape index (κ2) is 9.74. The number of piperidine rings is 1. The van der Waals surface area contributed by atoms with Crippen LogP contribution in [0, 0.1) is 16.0 Å². The fourth-order valence-electron chi connectivity index (χ4n) is 3.19. The number of halogens is 2. The van der Waals surface area contributed by atoms with Gasteiger partial charge in [-0.3, -0.25) is 14.9 Å². The summed E-state index contributed by atoms with van der Waals surface area (Å²) in [6.07, 6.45) is 4.13. The zero-order valence-corrected chi connectivity index (χ0v) is 15.4. The molecule has 3 heterocycles. The van der Waals surface area contributed by atoms with Crippen LogP contribution >= 0.6 is 24.8 Å². The molecule has 2 unspecified atom stereocenters. The molecule has 0 radical (unpaired) electrons. The van der Waals surface area contributed by atoms with Crippen molar-refractivity contribution < 1.29 is 9.72 Å². The van der Waals surface area contributed by atoms with E-state index in [-0.39, 0.29) is 48.4 Å². The zero-order chi connectivity index (χ0) is 16.2. The lowest BCUT2D eigenvalue weighted by Gasteiger charge is -2.27. The van der Waals surface area contributed by atoms with Crippen LogP contribution in [0.5, 0.6) is 0 Å². The Morgan fingerprint density at radius 2 is 2.16 bits per heavy atom. The van der Waals surface area contributed by atoms with E-state index in [1.165, 1.54) is 12.3 Å². The minimum Gasteiger partial charge on any atom is -0.365 e. The van der Waals surface area contributed by atoms with E-state index in [2.05, 4.69) is 15.6 Å². The van der Waals surface area contributed by atoms with Crippen LogP contribution in [0.25, 0.3) is 0 Å². The summed E-state index contributed by atoms with van der Waals surface area (Å²) in [7, 11) is 0. The maximum Gasteiger partial charge on any atom is 0.287 e. The average molecular weight is 392 g/mol. The van der Waals surface area contributed by atoms with Crippen LogP contribution in [-0.4, -0.2) is 52.9 Å². The number of nitro groups is 1. The van der Waals surface area contributed by atoms with Gasteiger partial charge < -0.3 is 15.5 Å². The summed E-state index contributed by atoms with van der Waals surface area (Å²) in [5.74, 6) is 0.937. The number of aromatic nitrogens is 1. The molecule has 2 aliphatic heterocycles. The molecule has 0 aromatic carbocycles. The second-order valence-corrected chi connectivity index (χ2v) is 6.12. The number of rotatable bonds is 4. The summed E-state index contributed by atoms with van der Waals surface area (Å²) in [4.78, 5) is 28.6. The Hall–Kier alpha value is -1.64. The smallest absolute Gasteiger partial charge is 0.287 e. The normalized spacial score (nSPS) is 22.5. The maximum absolute atomic E-state index is 12.5. The van der Waals surface area contributed by atoms with E-state index in [1.807, 2.05) is 4.90 Å². The molecule has 3 rings (SSSR count). The third-order valence-electron chi connectivity index (χ3n) is 4.46. The standard InChI is InChI=1S/C15H21N5O3.2ClH/c21-15(11-2-1-6-16-8-11)19-7-5-12(10-19)18-14-4-3-13(9-17-14)20(22)23;;/h3-4,9,11-12,16H,1-2,5-8,10H2,(H,17,18);2*1H. The number of hydrogen-bond acceptors (Lipinski definition) is 6. The molecule has 2 fully saturated rings. The summed E-state index contributed by atoms with van der Waals surface area (Å²) < 4.78 is 0. The van der Waals surface area contributed by atoms with E-state index in [1.54, 1.807) is 6.07 Å². The molecule has 0 spiro atoms. The lowest BCUT2D eigenvalue weighted by molar-refractivity contribution is -0.385. The van der Waals surface area contributed by atoms with Crippen LogP contribution in [0.4, 0.5) is 11.5 Å². The molecule has 1 aromatic heterocycles. The molecule has 10 heteroatoms. The highest BCUT2D eigenvalue weighted by molar-refractivity contribution is 5.85. The number of anilines is 1. The third kappa shape index (κ3) is 5.42. The van der Waals surface area contributed by atoms with Crippen molar-refractivity contribution in [3.8, 4) is 0 Å². The molecule has 2 saturated heterocycles. The van der Waals surface area contributed by atoms with Crippen LogP contribution in [0.15, 0.2) is 18.3 Å². The fraction of sp³-hybridized carbons (Fsp3) is 0.600. The van der Waals surface area contributed by atoms with Crippen LogP contribution in [0.2, 0.25) is 0 Å². The van der Waals surface area contributed by atoms with E-state index in [4.69, 9.17) is 0 Å². The van der Waals surface area contributed by atoms with Gasteiger partial charge in [-0.15, -0.1) is 24.8 Å².